The third-order valence-electron chi connectivity index (χ3n) is 3.62. The molecule has 0 spiro atoms. The fourth-order valence-electron chi connectivity index (χ4n) is 2.55. The van der Waals surface area contributed by atoms with Gasteiger partial charge in [-0.1, -0.05) is 13.3 Å². The summed E-state index contributed by atoms with van der Waals surface area (Å²) < 4.78 is 5.38. The molecular weight excluding hydrogens is 200 g/mol. The van der Waals surface area contributed by atoms with Gasteiger partial charge in [0.1, 0.15) is 5.76 Å². The van der Waals surface area contributed by atoms with Crippen LogP contribution in [0.2, 0.25) is 0 Å². The summed E-state index contributed by atoms with van der Waals surface area (Å²) in [4.78, 5) is 2.43. The van der Waals surface area contributed by atoms with Gasteiger partial charge in [-0.25, -0.2) is 0 Å². The van der Waals surface area contributed by atoms with Gasteiger partial charge in [-0.05, 0) is 37.4 Å². The molecular formula is C13H22N2O. The normalized spacial score (nSPS) is 25.4. The van der Waals surface area contributed by atoms with Crippen LogP contribution in [0.4, 0.5) is 0 Å². The Bertz CT molecular complexity index is 297. The van der Waals surface area contributed by atoms with Crippen LogP contribution in [0.1, 0.15) is 31.9 Å². The third-order valence-corrected chi connectivity index (χ3v) is 3.62. The van der Waals surface area contributed by atoms with Crippen molar-refractivity contribution in [2.45, 2.75) is 38.8 Å². The molecule has 90 valence electrons. The Balaban J connectivity index is 1.85. The first-order chi connectivity index (χ1) is 7.79. The minimum Gasteiger partial charge on any atom is -0.468 e. The van der Waals surface area contributed by atoms with E-state index in [9.17, 15) is 0 Å². The molecule has 0 radical (unpaired) electrons. The zero-order valence-electron chi connectivity index (χ0n) is 10.1. The summed E-state index contributed by atoms with van der Waals surface area (Å²) in [6.07, 6.45) is 5.52. The van der Waals surface area contributed by atoms with Gasteiger partial charge in [0.05, 0.1) is 12.8 Å². The first-order valence-corrected chi connectivity index (χ1v) is 6.30. The van der Waals surface area contributed by atoms with Gasteiger partial charge in [0, 0.05) is 12.6 Å². The molecule has 1 saturated carbocycles. The van der Waals surface area contributed by atoms with Crippen LogP contribution in [0.3, 0.4) is 0 Å². The second-order valence-electron chi connectivity index (χ2n) is 4.76. The fraction of sp³-hybridized carbons (Fsp3) is 0.692. The number of hydrogen-bond donors (Lipinski definition) is 1. The molecule has 2 rings (SSSR count). The lowest BCUT2D eigenvalue weighted by Gasteiger charge is -2.25. The Morgan fingerprint density at radius 2 is 2.38 bits per heavy atom. The highest BCUT2D eigenvalue weighted by atomic mass is 16.3. The van der Waals surface area contributed by atoms with Crippen LogP contribution in [-0.2, 0) is 6.54 Å². The Morgan fingerprint density at radius 1 is 1.50 bits per heavy atom. The molecule has 16 heavy (non-hydrogen) atoms. The van der Waals surface area contributed by atoms with Crippen molar-refractivity contribution in [3.63, 3.8) is 0 Å². The van der Waals surface area contributed by atoms with Crippen molar-refractivity contribution in [1.82, 2.24) is 4.90 Å². The Hall–Kier alpha value is -0.800. The molecule has 0 aromatic carbocycles. The molecule has 1 fully saturated rings. The molecule has 1 aliphatic carbocycles. The molecule has 1 aromatic rings. The predicted molar refractivity (Wildman–Crippen MR) is 65.0 cm³/mol. The number of rotatable bonds is 5. The van der Waals surface area contributed by atoms with Crippen molar-refractivity contribution >= 4 is 0 Å². The van der Waals surface area contributed by atoms with Crippen LogP contribution >= 0.6 is 0 Å². The van der Waals surface area contributed by atoms with Crippen LogP contribution in [0.25, 0.3) is 0 Å². The number of nitrogens with zero attached hydrogens (tertiary/aromatic N) is 1. The first kappa shape index (κ1) is 11.7. The molecule has 0 bridgehead atoms. The highest BCUT2D eigenvalue weighted by molar-refractivity contribution is 4.98. The summed E-state index contributed by atoms with van der Waals surface area (Å²) in [6.45, 7) is 5.28. The highest BCUT2D eigenvalue weighted by Gasteiger charge is 2.25. The lowest BCUT2D eigenvalue weighted by atomic mass is 10.0. The third kappa shape index (κ3) is 2.86. The quantitative estimate of drug-likeness (QED) is 0.830. The zero-order chi connectivity index (χ0) is 11.4. The van der Waals surface area contributed by atoms with E-state index in [1.54, 1.807) is 6.26 Å². The van der Waals surface area contributed by atoms with E-state index in [4.69, 9.17) is 10.2 Å². The van der Waals surface area contributed by atoms with Crippen molar-refractivity contribution in [2.24, 2.45) is 11.7 Å². The summed E-state index contributed by atoms with van der Waals surface area (Å²) in [6, 6.07) is 4.40. The number of nitrogens with two attached hydrogens (primary N) is 1. The van der Waals surface area contributed by atoms with Crippen molar-refractivity contribution < 1.29 is 4.42 Å². The van der Waals surface area contributed by atoms with Crippen molar-refractivity contribution in [3.8, 4) is 0 Å². The topological polar surface area (TPSA) is 42.4 Å². The maximum absolute atomic E-state index is 6.11. The average Bonchev–Trinajstić information content (AvgIpc) is 2.90. The fourth-order valence-corrected chi connectivity index (χ4v) is 2.55. The van der Waals surface area contributed by atoms with Gasteiger partial charge in [-0.2, -0.15) is 0 Å². The second-order valence-corrected chi connectivity index (χ2v) is 4.76. The number of furan rings is 1. The highest BCUT2D eigenvalue weighted by Crippen LogP contribution is 2.25. The molecule has 2 atom stereocenters. The molecule has 0 amide bonds. The standard InChI is InChI=1S/C13H22N2O/c1-2-15(10-12-6-4-8-16-12)9-11-5-3-7-13(11)14/h4,6,8,11,13H,2-3,5,7,9-10,14H2,1H3. The van der Waals surface area contributed by atoms with Gasteiger partial charge in [0.25, 0.3) is 0 Å². The summed E-state index contributed by atoms with van der Waals surface area (Å²) in [5.41, 5.74) is 6.11. The van der Waals surface area contributed by atoms with E-state index in [1.165, 1.54) is 19.3 Å². The van der Waals surface area contributed by atoms with E-state index in [2.05, 4.69) is 11.8 Å². The summed E-state index contributed by atoms with van der Waals surface area (Å²) >= 11 is 0. The van der Waals surface area contributed by atoms with E-state index >= 15 is 0 Å². The minimum atomic E-state index is 0.408. The van der Waals surface area contributed by atoms with E-state index in [0.717, 1.165) is 25.4 Å². The van der Waals surface area contributed by atoms with E-state index in [-0.39, 0.29) is 0 Å². The Kier molecular flexibility index (Phi) is 4.02. The van der Waals surface area contributed by atoms with E-state index in [1.807, 2.05) is 12.1 Å². The van der Waals surface area contributed by atoms with Gasteiger partial charge in [-0.15, -0.1) is 0 Å². The van der Waals surface area contributed by atoms with Crippen LogP contribution < -0.4 is 5.73 Å². The van der Waals surface area contributed by atoms with Crippen molar-refractivity contribution in [2.75, 3.05) is 13.1 Å². The van der Waals surface area contributed by atoms with Crippen molar-refractivity contribution in [3.05, 3.63) is 24.2 Å². The summed E-state index contributed by atoms with van der Waals surface area (Å²) in [7, 11) is 0. The Morgan fingerprint density at radius 3 is 2.94 bits per heavy atom. The Labute approximate surface area is 97.6 Å². The van der Waals surface area contributed by atoms with Gasteiger partial charge < -0.3 is 10.2 Å². The van der Waals surface area contributed by atoms with Crippen molar-refractivity contribution in [1.29, 1.82) is 0 Å². The van der Waals surface area contributed by atoms with Crippen LogP contribution in [0.5, 0.6) is 0 Å². The second kappa shape index (κ2) is 5.51. The first-order valence-electron chi connectivity index (χ1n) is 6.30. The lowest BCUT2D eigenvalue weighted by Crippen LogP contribution is -2.35. The molecule has 0 saturated heterocycles. The van der Waals surface area contributed by atoms with Crippen LogP contribution in [-0.4, -0.2) is 24.0 Å². The smallest absolute Gasteiger partial charge is 0.117 e. The molecule has 1 heterocycles. The number of hydrogen-bond acceptors (Lipinski definition) is 3. The molecule has 1 aliphatic rings. The van der Waals surface area contributed by atoms with E-state index in [0.29, 0.717) is 12.0 Å². The summed E-state index contributed by atoms with van der Waals surface area (Å²) in [5, 5.41) is 0. The molecule has 2 unspecified atom stereocenters. The van der Waals surface area contributed by atoms with Gasteiger partial charge in [0.2, 0.25) is 0 Å². The SMILES string of the molecule is CCN(Cc1ccco1)CC1CCCC1N. The van der Waals surface area contributed by atoms with E-state index < -0.39 is 0 Å². The monoisotopic (exact) mass is 222 g/mol. The predicted octanol–water partition coefficient (Wildman–Crippen LogP) is 2.23. The molecule has 2 N–H and O–H groups in total. The van der Waals surface area contributed by atoms with Gasteiger partial charge >= 0.3 is 0 Å². The minimum absolute atomic E-state index is 0.408. The summed E-state index contributed by atoms with van der Waals surface area (Å²) in [5.74, 6) is 1.73. The largest absolute Gasteiger partial charge is 0.468 e. The lowest BCUT2D eigenvalue weighted by molar-refractivity contribution is 0.210. The zero-order valence-corrected chi connectivity index (χ0v) is 10.1. The molecule has 0 aliphatic heterocycles. The van der Waals surface area contributed by atoms with Gasteiger partial charge in [0.15, 0.2) is 0 Å². The molecule has 3 heteroatoms. The maximum Gasteiger partial charge on any atom is 0.117 e. The van der Waals surface area contributed by atoms with Crippen LogP contribution in [0, 0.1) is 5.92 Å². The maximum atomic E-state index is 6.11. The van der Waals surface area contributed by atoms with Crippen LogP contribution in [0.15, 0.2) is 22.8 Å². The van der Waals surface area contributed by atoms with Gasteiger partial charge in [-0.3, -0.25) is 4.90 Å². The molecule has 1 aromatic heterocycles. The average molecular weight is 222 g/mol. The molecule has 3 nitrogen and oxygen atoms in total.